The van der Waals surface area contributed by atoms with Crippen LogP contribution in [0.4, 0.5) is 9.59 Å². The minimum atomic E-state index is -3.79. The Kier molecular flexibility index (Phi) is 9.51. The quantitative estimate of drug-likeness (QED) is 0.160. The molecule has 2 amide bonds. The van der Waals surface area contributed by atoms with Crippen LogP contribution in [0.15, 0.2) is 109 Å². The summed E-state index contributed by atoms with van der Waals surface area (Å²) in [5.74, 6) is 0. The average molecular weight is 545 g/mol. The van der Waals surface area contributed by atoms with Crippen molar-refractivity contribution >= 4 is 19.7 Å². The van der Waals surface area contributed by atoms with Gasteiger partial charge in [0, 0.05) is 6.16 Å². The van der Waals surface area contributed by atoms with Crippen molar-refractivity contribution in [3.63, 3.8) is 0 Å². The van der Waals surface area contributed by atoms with Crippen molar-refractivity contribution in [2.24, 2.45) is 0 Å². The fourth-order valence-corrected chi connectivity index (χ4v) is 4.75. The molecule has 0 heterocycles. The Hall–Kier alpha value is -4.39. The Bertz CT molecular complexity index is 1450. The Labute approximate surface area is 227 Å². The first-order chi connectivity index (χ1) is 19.0. The Balaban J connectivity index is 1.29. The second-order valence-corrected chi connectivity index (χ2v) is 10.9. The predicted molar refractivity (Wildman–Crippen MR) is 150 cm³/mol. The lowest BCUT2D eigenvalue weighted by Gasteiger charge is -2.18. The lowest BCUT2D eigenvalue weighted by Crippen LogP contribution is -2.30. The molecular formula is C30H29N2O6P. The van der Waals surface area contributed by atoms with Gasteiger partial charge in [-0.2, -0.15) is 10.1 Å². The van der Waals surface area contributed by atoms with Crippen molar-refractivity contribution in [3.8, 4) is 22.3 Å². The van der Waals surface area contributed by atoms with Crippen LogP contribution in [0.2, 0.25) is 0 Å². The number of carbonyl (C=O) groups is 2. The van der Waals surface area contributed by atoms with Gasteiger partial charge in [-0.25, -0.2) is 14.7 Å². The van der Waals surface area contributed by atoms with Crippen LogP contribution in [0, 0.1) is 0 Å². The second-order valence-electron chi connectivity index (χ2n) is 8.49. The normalized spacial score (nSPS) is 12.1. The summed E-state index contributed by atoms with van der Waals surface area (Å²) in [6.07, 6.45) is -1.96. The molecule has 4 rings (SSSR count). The van der Waals surface area contributed by atoms with Gasteiger partial charge in [-0.3, -0.25) is 4.57 Å². The minimum absolute atomic E-state index is 0.0347. The molecule has 0 saturated heterocycles. The summed E-state index contributed by atoms with van der Waals surface area (Å²) >= 11 is 0. The largest absolute Gasteiger partial charge is 0.444 e. The van der Waals surface area contributed by atoms with E-state index in [4.69, 9.17) is 14.1 Å². The van der Waals surface area contributed by atoms with Crippen molar-refractivity contribution in [3.05, 3.63) is 120 Å². The third-order valence-corrected chi connectivity index (χ3v) is 7.62. The van der Waals surface area contributed by atoms with Gasteiger partial charge in [0.15, 0.2) is 0 Å². The van der Waals surface area contributed by atoms with E-state index in [1.54, 1.807) is 6.92 Å². The SMILES string of the molecule is CCP(=O)(NC(=O)OCc1ccccc1-c1ccccc1)ONC(=O)OCc1ccccc1-c1ccccc1. The minimum Gasteiger partial charge on any atom is -0.444 e. The molecule has 0 fully saturated rings. The van der Waals surface area contributed by atoms with Crippen molar-refractivity contribution in [2.75, 3.05) is 6.16 Å². The molecular weight excluding hydrogens is 515 g/mol. The number of benzene rings is 4. The zero-order valence-electron chi connectivity index (χ0n) is 21.4. The first kappa shape index (κ1) is 27.6. The number of rotatable bonds is 10. The summed E-state index contributed by atoms with van der Waals surface area (Å²) < 4.78 is 28.6. The van der Waals surface area contributed by atoms with Crippen molar-refractivity contribution < 1.29 is 28.3 Å². The maximum Gasteiger partial charge on any atom is 0.432 e. The van der Waals surface area contributed by atoms with Gasteiger partial charge in [0.1, 0.15) is 13.2 Å². The molecule has 9 heteroatoms. The molecule has 0 aliphatic heterocycles. The van der Waals surface area contributed by atoms with E-state index in [-0.39, 0.29) is 19.4 Å². The number of nitrogens with one attached hydrogen (secondary N) is 2. The zero-order valence-corrected chi connectivity index (χ0v) is 22.3. The Morgan fingerprint density at radius 3 is 1.56 bits per heavy atom. The molecule has 4 aromatic rings. The molecule has 39 heavy (non-hydrogen) atoms. The van der Waals surface area contributed by atoms with Crippen molar-refractivity contribution in [1.29, 1.82) is 0 Å². The van der Waals surface area contributed by atoms with E-state index in [2.05, 4.69) is 5.09 Å². The van der Waals surface area contributed by atoms with Crippen LogP contribution >= 0.6 is 7.52 Å². The van der Waals surface area contributed by atoms with Crippen molar-refractivity contribution in [1.82, 2.24) is 10.6 Å². The third kappa shape index (κ3) is 7.80. The van der Waals surface area contributed by atoms with E-state index < -0.39 is 19.7 Å². The highest BCUT2D eigenvalue weighted by molar-refractivity contribution is 7.57. The fourth-order valence-electron chi connectivity index (χ4n) is 3.86. The van der Waals surface area contributed by atoms with Crippen LogP contribution in [-0.4, -0.2) is 18.3 Å². The first-order valence-corrected chi connectivity index (χ1v) is 14.2. The molecule has 8 nitrogen and oxygen atoms in total. The molecule has 1 atom stereocenters. The number of carbonyl (C=O) groups excluding carboxylic acids is 2. The number of hydrogen-bond acceptors (Lipinski definition) is 6. The highest BCUT2D eigenvalue weighted by Crippen LogP contribution is 2.40. The molecule has 0 aliphatic rings. The molecule has 4 aromatic carbocycles. The van der Waals surface area contributed by atoms with E-state index in [0.717, 1.165) is 33.4 Å². The summed E-state index contributed by atoms with van der Waals surface area (Å²) in [5.41, 5.74) is 7.39. The van der Waals surface area contributed by atoms with Crippen LogP contribution in [0.3, 0.4) is 0 Å². The van der Waals surface area contributed by atoms with Gasteiger partial charge >= 0.3 is 19.7 Å². The van der Waals surface area contributed by atoms with Gasteiger partial charge in [-0.05, 0) is 33.4 Å². The predicted octanol–water partition coefficient (Wildman–Crippen LogP) is 7.32. The maximum absolute atomic E-state index is 13.0. The number of hydroxylamine groups is 1. The van der Waals surface area contributed by atoms with Crippen LogP contribution in [0.1, 0.15) is 18.1 Å². The molecule has 1 unspecified atom stereocenters. The number of ether oxygens (including phenoxy) is 2. The highest BCUT2D eigenvalue weighted by atomic mass is 31.2. The molecule has 2 N–H and O–H groups in total. The van der Waals surface area contributed by atoms with Gasteiger partial charge in [-0.1, -0.05) is 116 Å². The smallest absolute Gasteiger partial charge is 0.432 e. The first-order valence-electron chi connectivity index (χ1n) is 12.4. The summed E-state index contributed by atoms with van der Waals surface area (Å²) in [7, 11) is -3.79. The molecule has 0 bridgehead atoms. The molecule has 200 valence electrons. The summed E-state index contributed by atoms with van der Waals surface area (Å²) in [6, 6.07) is 34.4. The van der Waals surface area contributed by atoms with E-state index in [1.165, 1.54) is 0 Å². The zero-order chi connectivity index (χ0) is 27.5. The lowest BCUT2D eigenvalue weighted by atomic mass is 10.0. The van der Waals surface area contributed by atoms with Gasteiger partial charge in [0.25, 0.3) is 0 Å². The van der Waals surface area contributed by atoms with Gasteiger partial charge < -0.3 is 9.47 Å². The molecule has 0 aliphatic carbocycles. The van der Waals surface area contributed by atoms with E-state index in [1.807, 2.05) is 115 Å². The average Bonchev–Trinajstić information content (AvgIpc) is 2.99. The Morgan fingerprint density at radius 1 is 0.641 bits per heavy atom. The Morgan fingerprint density at radius 2 is 1.08 bits per heavy atom. The molecule has 0 radical (unpaired) electrons. The lowest BCUT2D eigenvalue weighted by molar-refractivity contribution is 0.0936. The molecule has 0 spiro atoms. The van der Waals surface area contributed by atoms with Crippen molar-refractivity contribution in [2.45, 2.75) is 20.1 Å². The monoisotopic (exact) mass is 544 g/mol. The summed E-state index contributed by atoms with van der Waals surface area (Å²) in [5, 5.41) is 2.23. The van der Waals surface area contributed by atoms with E-state index in [0.29, 0.717) is 0 Å². The third-order valence-electron chi connectivity index (χ3n) is 5.88. The van der Waals surface area contributed by atoms with E-state index >= 15 is 0 Å². The van der Waals surface area contributed by atoms with Crippen LogP contribution in [0.5, 0.6) is 0 Å². The number of amides is 2. The summed E-state index contributed by atoms with van der Waals surface area (Å²) in [6.45, 7) is 1.47. The summed E-state index contributed by atoms with van der Waals surface area (Å²) in [4.78, 5) is 24.7. The second kappa shape index (κ2) is 13.4. The maximum atomic E-state index is 13.0. The fraction of sp³-hybridized carbons (Fsp3) is 0.133. The van der Waals surface area contributed by atoms with Gasteiger partial charge in [-0.15, -0.1) is 0 Å². The standard InChI is InChI=1S/C30H29N2O6P/c1-2-39(35,32-30(34)37-22-26-18-10-12-20-28(26)24-15-7-4-8-16-24)38-31-29(33)36-21-25-17-9-11-19-27(25)23-13-5-3-6-14-23/h3-20H,2,21-22H2,1H3,(H,31,33)(H,32,34,35). The van der Waals surface area contributed by atoms with Crippen LogP contribution in [-0.2, 0) is 31.9 Å². The van der Waals surface area contributed by atoms with Gasteiger partial charge in [0.05, 0.1) is 0 Å². The molecule has 0 aromatic heterocycles. The van der Waals surface area contributed by atoms with Crippen LogP contribution < -0.4 is 10.6 Å². The van der Waals surface area contributed by atoms with Crippen LogP contribution in [0.25, 0.3) is 22.3 Å². The topological polar surface area (TPSA) is 103 Å². The van der Waals surface area contributed by atoms with Gasteiger partial charge in [0.2, 0.25) is 0 Å². The number of hydrogen-bond donors (Lipinski definition) is 2. The van der Waals surface area contributed by atoms with E-state index in [9.17, 15) is 14.2 Å². The molecule has 0 saturated carbocycles. The highest BCUT2D eigenvalue weighted by Gasteiger charge is 2.26.